The van der Waals surface area contributed by atoms with E-state index in [-0.39, 0.29) is 36.7 Å². The van der Waals surface area contributed by atoms with Crippen molar-refractivity contribution in [3.63, 3.8) is 0 Å². The zero-order chi connectivity index (χ0) is 16.9. The first-order valence-electron chi connectivity index (χ1n) is 7.83. The number of nitrogens with one attached hydrogen (secondary N) is 2. The summed E-state index contributed by atoms with van der Waals surface area (Å²) in [6.07, 6.45) is 1.96. The number of carbonyl (C=O) groups excluding carboxylic acids is 2. The van der Waals surface area contributed by atoms with Crippen LogP contribution in [0.3, 0.4) is 0 Å². The SMILES string of the molecule is COC(=O)Cc1sc(NC(=O)C2CCCN2)nc1-c1ccccc1.Cl. The molecule has 3 rings (SSSR count). The standard InChI is InChI=1S/C17H19N3O3S.ClH/c1-23-14(21)10-13-15(11-6-3-2-4-7-11)19-17(24-13)20-16(22)12-8-5-9-18-12;/h2-4,6-7,12,18H,5,8-10H2,1H3,(H,19,20,22);1H. The van der Waals surface area contributed by atoms with Crippen LogP contribution >= 0.6 is 23.7 Å². The van der Waals surface area contributed by atoms with Gasteiger partial charge in [-0.15, -0.1) is 23.7 Å². The van der Waals surface area contributed by atoms with Crippen molar-refractivity contribution in [2.75, 3.05) is 19.0 Å². The number of aromatic nitrogens is 1. The number of esters is 1. The van der Waals surface area contributed by atoms with Crippen molar-refractivity contribution in [2.45, 2.75) is 25.3 Å². The van der Waals surface area contributed by atoms with Crippen molar-refractivity contribution in [1.29, 1.82) is 0 Å². The lowest BCUT2D eigenvalue weighted by Crippen LogP contribution is -2.35. The van der Waals surface area contributed by atoms with Crippen molar-refractivity contribution >= 4 is 40.8 Å². The van der Waals surface area contributed by atoms with E-state index in [0.29, 0.717) is 10.8 Å². The minimum atomic E-state index is -0.328. The minimum absolute atomic E-state index is 0. The van der Waals surface area contributed by atoms with Crippen LogP contribution in [0.5, 0.6) is 0 Å². The summed E-state index contributed by atoms with van der Waals surface area (Å²) in [6, 6.07) is 9.44. The summed E-state index contributed by atoms with van der Waals surface area (Å²) in [5.74, 6) is -0.406. The van der Waals surface area contributed by atoms with Gasteiger partial charge in [-0.25, -0.2) is 4.98 Å². The molecule has 2 aromatic rings. The Morgan fingerprint density at radius 1 is 1.36 bits per heavy atom. The number of carbonyl (C=O) groups is 2. The first-order valence-corrected chi connectivity index (χ1v) is 8.65. The average Bonchev–Trinajstić information content (AvgIpc) is 3.25. The van der Waals surface area contributed by atoms with Gasteiger partial charge in [0.1, 0.15) is 0 Å². The van der Waals surface area contributed by atoms with Crippen LogP contribution in [-0.2, 0) is 20.7 Å². The Labute approximate surface area is 156 Å². The van der Waals surface area contributed by atoms with Crippen molar-refractivity contribution < 1.29 is 14.3 Å². The number of nitrogens with zero attached hydrogens (tertiary/aromatic N) is 1. The number of methoxy groups -OCH3 is 1. The van der Waals surface area contributed by atoms with Gasteiger partial charge in [0, 0.05) is 10.4 Å². The third kappa shape index (κ3) is 4.78. The van der Waals surface area contributed by atoms with E-state index in [1.165, 1.54) is 18.4 Å². The molecule has 2 heterocycles. The van der Waals surface area contributed by atoms with Gasteiger partial charge in [0.05, 0.1) is 25.3 Å². The van der Waals surface area contributed by atoms with Gasteiger partial charge in [0.15, 0.2) is 5.13 Å². The van der Waals surface area contributed by atoms with E-state index in [2.05, 4.69) is 15.6 Å². The van der Waals surface area contributed by atoms with Gasteiger partial charge in [-0.05, 0) is 19.4 Å². The first kappa shape index (κ1) is 19.4. The van der Waals surface area contributed by atoms with E-state index in [1.54, 1.807) is 0 Å². The molecule has 1 saturated heterocycles. The third-order valence-corrected chi connectivity index (χ3v) is 4.85. The van der Waals surface area contributed by atoms with E-state index in [9.17, 15) is 9.59 Å². The zero-order valence-corrected chi connectivity index (χ0v) is 15.4. The van der Waals surface area contributed by atoms with E-state index in [1.807, 2.05) is 30.3 Å². The molecule has 134 valence electrons. The summed E-state index contributed by atoms with van der Waals surface area (Å²) >= 11 is 1.31. The Morgan fingerprint density at radius 3 is 2.76 bits per heavy atom. The van der Waals surface area contributed by atoms with Gasteiger partial charge in [0.2, 0.25) is 5.91 Å². The van der Waals surface area contributed by atoms with Crippen LogP contribution < -0.4 is 10.6 Å². The van der Waals surface area contributed by atoms with Gasteiger partial charge in [0.25, 0.3) is 0 Å². The molecule has 1 aromatic carbocycles. The lowest BCUT2D eigenvalue weighted by Gasteiger charge is -2.08. The fourth-order valence-corrected chi connectivity index (χ4v) is 3.62. The summed E-state index contributed by atoms with van der Waals surface area (Å²) in [6.45, 7) is 0.860. The Kier molecular flexibility index (Phi) is 6.92. The fraction of sp³-hybridized carbons (Fsp3) is 0.353. The average molecular weight is 382 g/mol. The van der Waals surface area contributed by atoms with Crippen LogP contribution in [0.1, 0.15) is 17.7 Å². The second kappa shape index (κ2) is 8.94. The van der Waals surface area contributed by atoms with Gasteiger partial charge in [-0.2, -0.15) is 0 Å². The predicted octanol–water partition coefficient (Wildman–Crippen LogP) is 2.64. The Hall–Kier alpha value is -1.96. The smallest absolute Gasteiger partial charge is 0.310 e. The third-order valence-electron chi connectivity index (χ3n) is 3.88. The van der Waals surface area contributed by atoms with Crippen molar-refractivity contribution in [3.05, 3.63) is 35.2 Å². The molecule has 1 unspecified atom stereocenters. The number of rotatable bonds is 5. The van der Waals surface area contributed by atoms with Crippen molar-refractivity contribution in [1.82, 2.24) is 10.3 Å². The fourth-order valence-electron chi connectivity index (χ4n) is 2.65. The molecule has 6 nitrogen and oxygen atoms in total. The number of anilines is 1. The molecule has 2 N–H and O–H groups in total. The van der Waals surface area contributed by atoms with Gasteiger partial charge in [-0.3, -0.25) is 9.59 Å². The number of ether oxygens (including phenoxy) is 1. The van der Waals surface area contributed by atoms with Crippen LogP contribution in [0.4, 0.5) is 5.13 Å². The van der Waals surface area contributed by atoms with E-state index in [4.69, 9.17) is 4.74 Å². The summed E-state index contributed by atoms with van der Waals surface area (Å²) in [5, 5.41) is 6.53. The monoisotopic (exact) mass is 381 g/mol. The molecule has 8 heteroatoms. The van der Waals surface area contributed by atoms with Crippen molar-refractivity contribution in [2.24, 2.45) is 0 Å². The molecule has 0 saturated carbocycles. The normalized spacial score (nSPS) is 16.1. The van der Waals surface area contributed by atoms with Crippen LogP contribution in [0.2, 0.25) is 0 Å². The second-order valence-electron chi connectivity index (χ2n) is 5.55. The molecule has 1 atom stereocenters. The molecule has 0 spiro atoms. The lowest BCUT2D eigenvalue weighted by molar-refractivity contribution is -0.139. The highest BCUT2D eigenvalue weighted by molar-refractivity contribution is 7.16. The summed E-state index contributed by atoms with van der Waals surface area (Å²) in [5.41, 5.74) is 1.62. The number of hydrogen-bond donors (Lipinski definition) is 2. The molecule has 1 aliphatic rings. The number of hydrogen-bond acceptors (Lipinski definition) is 6. The topological polar surface area (TPSA) is 80.3 Å². The zero-order valence-electron chi connectivity index (χ0n) is 13.8. The number of halogens is 1. The number of benzene rings is 1. The Morgan fingerprint density at radius 2 is 2.12 bits per heavy atom. The van der Waals surface area contributed by atoms with Gasteiger partial charge in [-0.1, -0.05) is 30.3 Å². The molecule has 1 aliphatic heterocycles. The minimum Gasteiger partial charge on any atom is -0.469 e. The largest absolute Gasteiger partial charge is 0.469 e. The van der Waals surface area contributed by atoms with Crippen molar-refractivity contribution in [3.8, 4) is 11.3 Å². The molecule has 1 amide bonds. The molecule has 1 aromatic heterocycles. The predicted molar refractivity (Wildman–Crippen MR) is 100 cm³/mol. The summed E-state index contributed by atoms with van der Waals surface area (Å²) in [7, 11) is 1.36. The van der Waals surface area contributed by atoms with Gasteiger partial charge >= 0.3 is 5.97 Å². The molecule has 0 aliphatic carbocycles. The molecule has 1 fully saturated rings. The van der Waals surface area contributed by atoms with Crippen LogP contribution in [0.15, 0.2) is 30.3 Å². The molecule has 0 radical (unpaired) electrons. The maximum atomic E-state index is 12.3. The molecule has 0 bridgehead atoms. The maximum absolute atomic E-state index is 12.3. The Balaban J connectivity index is 0.00000225. The molecule has 25 heavy (non-hydrogen) atoms. The summed E-state index contributed by atoms with van der Waals surface area (Å²) in [4.78, 5) is 29.2. The highest BCUT2D eigenvalue weighted by atomic mass is 35.5. The quantitative estimate of drug-likeness (QED) is 0.778. The van der Waals surface area contributed by atoms with E-state index in [0.717, 1.165) is 29.8 Å². The van der Waals surface area contributed by atoms with Crippen LogP contribution in [-0.4, -0.2) is 36.6 Å². The Bertz CT molecular complexity index is 730. The van der Waals surface area contributed by atoms with Crippen LogP contribution in [0.25, 0.3) is 11.3 Å². The molecular formula is C17H20ClN3O3S. The highest BCUT2D eigenvalue weighted by Crippen LogP contribution is 2.32. The maximum Gasteiger partial charge on any atom is 0.310 e. The number of thiazole rings is 1. The lowest BCUT2D eigenvalue weighted by atomic mass is 10.1. The highest BCUT2D eigenvalue weighted by Gasteiger charge is 2.24. The van der Waals surface area contributed by atoms with E-state index < -0.39 is 0 Å². The first-order chi connectivity index (χ1) is 11.7. The second-order valence-corrected chi connectivity index (χ2v) is 6.63. The molecular weight excluding hydrogens is 362 g/mol. The van der Waals surface area contributed by atoms with Gasteiger partial charge < -0.3 is 15.4 Å². The van der Waals surface area contributed by atoms with E-state index >= 15 is 0 Å². The summed E-state index contributed by atoms with van der Waals surface area (Å²) < 4.78 is 4.76. The number of amides is 1. The van der Waals surface area contributed by atoms with Crippen LogP contribution in [0, 0.1) is 0 Å².